The summed E-state index contributed by atoms with van der Waals surface area (Å²) >= 11 is 0. The van der Waals surface area contributed by atoms with Crippen LogP contribution in [0.5, 0.6) is 0 Å². The molecule has 0 saturated heterocycles. The first-order valence-electron chi connectivity index (χ1n) is 6.48. The summed E-state index contributed by atoms with van der Waals surface area (Å²) in [4.78, 5) is 23.3. The number of carbonyl (C=O) groups is 1. The van der Waals surface area contributed by atoms with Gasteiger partial charge in [-0.25, -0.2) is 0 Å². The van der Waals surface area contributed by atoms with Gasteiger partial charge in [-0.05, 0) is 26.3 Å². The largest absolute Gasteiger partial charge is 0.481 e. The summed E-state index contributed by atoms with van der Waals surface area (Å²) in [7, 11) is 0. The summed E-state index contributed by atoms with van der Waals surface area (Å²) in [6, 6.07) is 4.70. The summed E-state index contributed by atoms with van der Waals surface area (Å²) in [5.74, 6) is -1.42. The van der Waals surface area contributed by atoms with Crippen molar-refractivity contribution >= 4 is 17.3 Å². The zero-order valence-electron chi connectivity index (χ0n) is 12.2. The Bertz CT molecular complexity index is 514. The lowest BCUT2D eigenvalue weighted by atomic mass is 10.1. The first kappa shape index (κ1) is 15.9. The van der Waals surface area contributed by atoms with E-state index >= 15 is 0 Å². The van der Waals surface area contributed by atoms with Crippen LogP contribution in [-0.2, 0) is 4.79 Å². The van der Waals surface area contributed by atoms with E-state index in [1.54, 1.807) is 13.0 Å². The summed E-state index contributed by atoms with van der Waals surface area (Å²) in [5.41, 5.74) is 1.61. The molecule has 20 heavy (non-hydrogen) atoms. The van der Waals surface area contributed by atoms with Gasteiger partial charge in [0.1, 0.15) is 0 Å². The van der Waals surface area contributed by atoms with Crippen LogP contribution >= 0.6 is 0 Å². The number of anilines is 1. The van der Waals surface area contributed by atoms with Crippen LogP contribution in [0.15, 0.2) is 18.2 Å². The molecule has 0 aliphatic rings. The Balaban J connectivity index is 3.17. The third kappa shape index (κ3) is 3.69. The highest BCUT2D eigenvalue weighted by Gasteiger charge is 2.21. The Hall–Kier alpha value is -2.11. The van der Waals surface area contributed by atoms with E-state index in [1.165, 1.54) is 12.1 Å². The Labute approximate surface area is 118 Å². The van der Waals surface area contributed by atoms with Crippen molar-refractivity contribution in [3.63, 3.8) is 0 Å². The molecule has 0 fully saturated rings. The number of nitrogens with zero attached hydrogens (tertiary/aromatic N) is 2. The van der Waals surface area contributed by atoms with Gasteiger partial charge in [0, 0.05) is 30.4 Å². The van der Waals surface area contributed by atoms with Gasteiger partial charge in [0.25, 0.3) is 5.69 Å². The predicted molar refractivity (Wildman–Crippen MR) is 77.1 cm³/mol. The first-order valence-corrected chi connectivity index (χ1v) is 6.48. The third-order valence-corrected chi connectivity index (χ3v) is 3.23. The zero-order chi connectivity index (χ0) is 15.4. The quantitative estimate of drug-likeness (QED) is 0.640. The van der Waals surface area contributed by atoms with Crippen LogP contribution in [0.4, 0.5) is 11.4 Å². The summed E-state index contributed by atoms with van der Waals surface area (Å²) in [5, 5.41) is 19.9. The number of carboxylic acids is 1. The third-order valence-electron chi connectivity index (χ3n) is 3.23. The monoisotopic (exact) mass is 280 g/mol. The average Bonchev–Trinajstić information content (AvgIpc) is 2.35. The maximum atomic E-state index is 11.0. The molecule has 0 amide bonds. The number of benzene rings is 1. The lowest BCUT2D eigenvalue weighted by Gasteiger charge is -2.31. The molecule has 1 aromatic rings. The lowest BCUT2D eigenvalue weighted by molar-refractivity contribution is -0.384. The van der Waals surface area contributed by atoms with Gasteiger partial charge in [-0.15, -0.1) is 0 Å². The highest BCUT2D eigenvalue weighted by molar-refractivity contribution is 5.71. The van der Waals surface area contributed by atoms with E-state index in [4.69, 9.17) is 5.11 Å². The van der Waals surface area contributed by atoms with Gasteiger partial charge in [-0.1, -0.05) is 13.0 Å². The number of hydrogen-bond donors (Lipinski definition) is 1. The Kier molecular flexibility index (Phi) is 5.07. The van der Waals surface area contributed by atoms with Crippen LogP contribution in [0.1, 0.15) is 26.3 Å². The maximum absolute atomic E-state index is 11.0. The lowest BCUT2D eigenvalue weighted by Crippen LogP contribution is -2.37. The molecule has 1 rings (SSSR count). The molecule has 6 heteroatoms. The molecule has 0 bridgehead atoms. The number of rotatable bonds is 6. The fraction of sp³-hybridized carbons (Fsp3) is 0.500. The molecule has 1 N–H and O–H groups in total. The Morgan fingerprint density at radius 2 is 2.00 bits per heavy atom. The van der Waals surface area contributed by atoms with Gasteiger partial charge in [-0.3, -0.25) is 14.9 Å². The van der Waals surface area contributed by atoms with Crippen molar-refractivity contribution in [3.05, 3.63) is 33.9 Å². The fourth-order valence-corrected chi connectivity index (χ4v) is 1.98. The van der Waals surface area contributed by atoms with E-state index in [1.807, 2.05) is 25.7 Å². The van der Waals surface area contributed by atoms with E-state index in [-0.39, 0.29) is 11.7 Å². The SMILES string of the molecule is Cc1ccc([N+](=O)[O-])cc1N(CC(C)C(=O)O)C(C)C. The van der Waals surface area contributed by atoms with E-state index < -0.39 is 16.8 Å². The second kappa shape index (κ2) is 6.36. The van der Waals surface area contributed by atoms with Crippen molar-refractivity contribution in [2.75, 3.05) is 11.4 Å². The van der Waals surface area contributed by atoms with Crippen LogP contribution in [-0.4, -0.2) is 28.6 Å². The molecule has 6 nitrogen and oxygen atoms in total. The topological polar surface area (TPSA) is 83.7 Å². The van der Waals surface area contributed by atoms with E-state index in [0.29, 0.717) is 12.2 Å². The van der Waals surface area contributed by atoms with Crippen molar-refractivity contribution in [1.29, 1.82) is 0 Å². The van der Waals surface area contributed by atoms with Crippen molar-refractivity contribution in [2.24, 2.45) is 5.92 Å². The fourth-order valence-electron chi connectivity index (χ4n) is 1.98. The number of nitro benzene ring substituents is 1. The van der Waals surface area contributed by atoms with E-state index in [2.05, 4.69) is 0 Å². The van der Waals surface area contributed by atoms with Crippen LogP contribution in [0.25, 0.3) is 0 Å². The van der Waals surface area contributed by atoms with Gasteiger partial charge in [0.15, 0.2) is 0 Å². The number of carboxylic acid groups (broad SMARTS) is 1. The van der Waals surface area contributed by atoms with Crippen molar-refractivity contribution < 1.29 is 14.8 Å². The molecule has 1 atom stereocenters. The molecule has 0 aliphatic carbocycles. The van der Waals surface area contributed by atoms with Gasteiger partial charge in [0.05, 0.1) is 10.8 Å². The number of non-ortho nitro benzene ring substituents is 1. The van der Waals surface area contributed by atoms with Gasteiger partial charge >= 0.3 is 5.97 Å². The number of hydrogen-bond acceptors (Lipinski definition) is 4. The minimum absolute atomic E-state index is 0.0132. The summed E-state index contributed by atoms with van der Waals surface area (Å²) in [6.07, 6.45) is 0. The molecule has 0 spiro atoms. The highest BCUT2D eigenvalue weighted by Crippen LogP contribution is 2.27. The van der Waals surface area contributed by atoms with Crippen LogP contribution in [0.3, 0.4) is 0 Å². The van der Waals surface area contributed by atoms with Gasteiger partial charge in [0.2, 0.25) is 0 Å². The minimum atomic E-state index is -0.876. The molecular formula is C14H20N2O4. The highest BCUT2D eigenvalue weighted by atomic mass is 16.6. The number of aliphatic carboxylic acids is 1. The van der Waals surface area contributed by atoms with E-state index in [0.717, 1.165) is 5.56 Å². The maximum Gasteiger partial charge on any atom is 0.308 e. The molecule has 1 unspecified atom stereocenters. The van der Waals surface area contributed by atoms with Crippen molar-refractivity contribution in [3.8, 4) is 0 Å². The smallest absolute Gasteiger partial charge is 0.308 e. The second-order valence-corrected chi connectivity index (χ2v) is 5.21. The van der Waals surface area contributed by atoms with Crippen molar-refractivity contribution in [2.45, 2.75) is 33.7 Å². The molecule has 0 radical (unpaired) electrons. The van der Waals surface area contributed by atoms with Gasteiger partial charge < -0.3 is 10.0 Å². The second-order valence-electron chi connectivity index (χ2n) is 5.21. The van der Waals surface area contributed by atoms with Gasteiger partial charge in [-0.2, -0.15) is 0 Å². The molecule has 0 aliphatic heterocycles. The number of aryl methyl sites for hydroxylation is 1. The molecular weight excluding hydrogens is 260 g/mol. The zero-order valence-corrected chi connectivity index (χ0v) is 12.2. The predicted octanol–water partition coefficient (Wildman–Crippen LogP) is 2.84. The summed E-state index contributed by atoms with van der Waals surface area (Å²) in [6.45, 7) is 7.68. The molecule has 110 valence electrons. The van der Waals surface area contributed by atoms with Crippen LogP contribution in [0, 0.1) is 23.0 Å². The van der Waals surface area contributed by atoms with Crippen molar-refractivity contribution in [1.82, 2.24) is 0 Å². The Morgan fingerprint density at radius 1 is 1.40 bits per heavy atom. The minimum Gasteiger partial charge on any atom is -0.481 e. The summed E-state index contributed by atoms with van der Waals surface area (Å²) < 4.78 is 0. The van der Waals surface area contributed by atoms with Crippen LogP contribution < -0.4 is 4.90 Å². The standard InChI is InChI=1S/C14H20N2O4/c1-9(2)15(8-11(4)14(17)18)13-7-12(16(19)20)6-5-10(13)3/h5-7,9,11H,8H2,1-4H3,(H,17,18). The van der Waals surface area contributed by atoms with E-state index in [9.17, 15) is 14.9 Å². The first-order chi connectivity index (χ1) is 9.23. The molecule has 1 aromatic carbocycles. The normalized spacial score (nSPS) is 12.2. The molecule has 0 heterocycles. The molecule has 0 aromatic heterocycles. The molecule has 0 saturated carbocycles. The average molecular weight is 280 g/mol. The Morgan fingerprint density at radius 3 is 2.45 bits per heavy atom. The van der Waals surface area contributed by atoms with Crippen LogP contribution in [0.2, 0.25) is 0 Å². The number of nitro groups is 1.